The van der Waals surface area contributed by atoms with Gasteiger partial charge in [-0.25, -0.2) is 0 Å². The van der Waals surface area contributed by atoms with Gasteiger partial charge in [-0.15, -0.1) is 4.26 Å². The number of para-hydroxylation sites is 1. The fourth-order valence-corrected chi connectivity index (χ4v) is 4.98. The van der Waals surface area contributed by atoms with E-state index in [4.69, 9.17) is 4.84 Å². The van der Waals surface area contributed by atoms with Crippen LogP contribution < -0.4 is 4.84 Å². The third kappa shape index (κ3) is 3.81. The first-order chi connectivity index (χ1) is 7.45. The highest BCUT2D eigenvalue weighted by Gasteiger charge is 1.90. The standard InChI is InChI=1S/C6H10N4OP4/c1-2-4-6(5-3-1)11-10-14-8-12-7-13-9-15-10/h1-5,7-8,12-14H. The normalized spacial score (nSPS) is 11.5. The molecule has 0 radical (unpaired) electrons. The first kappa shape index (κ1) is 10.9. The summed E-state index contributed by atoms with van der Waals surface area (Å²) in [5.74, 6) is 0.842. The summed E-state index contributed by atoms with van der Waals surface area (Å²) in [6.07, 6.45) is 0. The molecule has 0 fully saturated rings. The van der Waals surface area contributed by atoms with Crippen molar-refractivity contribution in [3.8, 4) is 5.75 Å². The van der Waals surface area contributed by atoms with Gasteiger partial charge in [0.15, 0.2) is 14.3 Å². The van der Waals surface area contributed by atoms with Gasteiger partial charge in [-0.2, -0.15) is 4.51 Å². The van der Waals surface area contributed by atoms with Crippen molar-refractivity contribution in [1.82, 2.24) is 17.8 Å². The maximum absolute atomic E-state index is 5.65. The molecule has 2 aromatic rings. The van der Waals surface area contributed by atoms with Crippen molar-refractivity contribution >= 4 is 34.0 Å². The van der Waals surface area contributed by atoms with Gasteiger partial charge in [0, 0.05) is 17.0 Å². The minimum Gasteiger partial charge on any atom is -0.366 e. The molecule has 80 valence electrons. The lowest BCUT2D eigenvalue weighted by Crippen LogP contribution is -1.96. The van der Waals surface area contributed by atoms with Crippen LogP contribution in [-0.2, 0) is 0 Å². The summed E-state index contributed by atoms with van der Waals surface area (Å²) in [6, 6.07) is 9.74. The molecule has 2 N–H and O–H groups in total. The van der Waals surface area contributed by atoms with Crippen LogP contribution in [0.2, 0.25) is 0 Å². The third-order valence-electron chi connectivity index (χ3n) is 1.44. The zero-order valence-electron chi connectivity index (χ0n) is 7.64. The molecule has 0 aliphatic rings. The van der Waals surface area contributed by atoms with E-state index < -0.39 is 0 Å². The molecule has 9 heteroatoms. The minimum absolute atomic E-state index is 0.416. The number of hydrogen-bond acceptors (Lipinski definition) is 2. The van der Waals surface area contributed by atoms with E-state index in [1.165, 1.54) is 0 Å². The Kier molecular flexibility index (Phi) is 4.44. The van der Waals surface area contributed by atoms with Gasteiger partial charge in [-0.3, -0.25) is 0 Å². The smallest absolute Gasteiger partial charge is 0.182 e. The summed E-state index contributed by atoms with van der Waals surface area (Å²) in [6.45, 7) is 0. The SMILES string of the molecule is c1ccc(On2pn[pH][nH][pH][nH][pH]2)cc1. The average molecular weight is 278 g/mol. The largest absolute Gasteiger partial charge is 0.366 e. The predicted molar refractivity (Wildman–Crippen MR) is 69.7 cm³/mol. The molecule has 3 unspecified atom stereocenters. The van der Waals surface area contributed by atoms with E-state index in [2.05, 4.69) is 13.5 Å². The van der Waals surface area contributed by atoms with Crippen LogP contribution in [-0.4, -0.2) is 17.8 Å². The van der Waals surface area contributed by atoms with Crippen molar-refractivity contribution in [3.05, 3.63) is 30.3 Å². The quantitative estimate of drug-likeness (QED) is 0.885. The molecule has 1 aromatic heterocycles. The molecular weight excluding hydrogens is 268 g/mol. The van der Waals surface area contributed by atoms with Gasteiger partial charge >= 0.3 is 0 Å². The van der Waals surface area contributed by atoms with Crippen molar-refractivity contribution in [2.75, 3.05) is 0 Å². The summed E-state index contributed by atoms with van der Waals surface area (Å²) in [4.78, 5) is 5.65. The minimum atomic E-state index is 0.416. The Bertz CT molecular complexity index is 437. The molecule has 0 saturated heterocycles. The highest BCUT2D eigenvalue weighted by atomic mass is 31.1. The molecule has 0 spiro atoms. The lowest BCUT2D eigenvalue weighted by Gasteiger charge is -2.04. The molecule has 1 aromatic carbocycles. The van der Waals surface area contributed by atoms with Crippen molar-refractivity contribution in [3.63, 3.8) is 0 Å². The Morgan fingerprint density at radius 2 is 2.13 bits per heavy atom. The first-order valence-electron chi connectivity index (χ1n) is 4.14. The number of hydrogen-bond donors (Lipinski definition) is 2. The number of rotatable bonds is 2. The van der Waals surface area contributed by atoms with Gasteiger partial charge < -0.3 is 13.9 Å². The Hall–Kier alpha value is -0.580. The molecule has 2 rings (SSSR count). The van der Waals surface area contributed by atoms with Crippen LogP contribution in [0.1, 0.15) is 0 Å². The zero-order valence-corrected chi connectivity index (χ0v) is 11.5. The molecule has 0 aliphatic carbocycles. The van der Waals surface area contributed by atoms with Crippen molar-refractivity contribution in [2.45, 2.75) is 0 Å². The maximum Gasteiger partial charge on any atom is 0.182 e. The Labute approximate surface area is 93.1 Å². The van der Waals surface area contributed by atoms with Crippen LogP contribution in [0, 0.1) is 0 Å². The molecule has 3 atom stereocenters. The first-order valence-corrected chi connectivity index (χ1v) is 7.84. The van der Waals surface area contributed by atoms with Crippen LogP contribution in [0.5, 0.6) is 5.75 Å². The van der Waals surface area contributed by atoms with E-state index >= 15 is 0 Å². The summed E-state index contributed by atoms with van der Waals surface area (Å²) in [5, 5.41) is 0. The fourth-order valence-electron chi connectivity index (χ4n) is 0.868. The molecule has 0 saturated carbocycles. The highest BCUT2D eigenvalue weighted by Crippen LogP contribution is 2.15. The van der Waals surface area contributed by atoms with E-state index in [-0.39, 0.29) is 0 Å². The molecule has 1 heterocycles. The van der Waals surface area contributed by atoms with Crippen LogP contribution >= 0.6 is 34.0 Å². The number of H-pyrrole nitrogens is 2. The molecule has 0 aliphatic heterocycles. The van der Waals surface area contributed by atoms with Gasteiger partial charge in [0.05, 0.1) is 8.51 Å². The van der Waals surface area contributed by atoms with Crippen molar-refractivity contribution in [2.24, 2.45) is 0 Å². The average Bonchev–Trinajstić information content (AvgIpc) is 2.23. The number of nitrogens with zero attached hydrogens (tertiary/aromatic N) is 2. The second kappa shape index (κ2) is 6.10. The van der Waals surface area contributed by atoms with Gasteiger partial charge in [-0.05, 0) is 12.1 Å². The van der Waals surface area contributed by atoms with Crippen LogP contribution in [0.15, 0.2) is 30.3 Å². The molecule has 5 nitrogen and oxygen atoms in total. The van der Waals surface area contributed by atoms with Crippen LogP contribution in [0.25, 0.3) is 0 Å². The lowest BCUT2D eigenvalue weighted by molar-refractivity contribution is 0.277. The van der Waals surface area contributed by atoms with Gasteiger partial charge in [0.1, 0.15) is 0 Å². The summed E-state index contributed by atoms with van der Waals surface area (Å²) >= 11 is 0. The van der Waals surface area contributed by atoms with E-state index in [1.54, 1.807) is 4.26 Å². The summed E-state index contributed by atoms with van der Waals surface area (Å²) in [7, 11) is 2.23. The van der Waals surface area contributed by atoms with Gasteiger partial charge in [-0.1, -0.05) is 18.2 Å². The van der Waals surface area contributed by atoms with E-state index in [1.807, 2.05) is 30.3 Å². The Balaban J connectivity index is 2.22. The summed E-state index contributed by atoms with van der Waals surface area (Å²) in [5.41, 5.74) is 0. The topological polar surface area (TPSA) is 58.6 Å². The molecule has 15 heavy (non-hydrogen) atoms. The van der Waals surface area contributed by atoms with E-state index in [0.717, 1.165) is 14.3 Å². The summed E-state index contributed by atoms with van der Waals surface area (Å²) < 4.78 is 12.5. The Morgan fingerprint density at radius 3 is 3.00 bits per heavy atom. The Morgan fingerprint density at radius 1 is 1.27 bits per heavy atom. The lowest BCUT2D eigenvalue weighted by atomic mass is 10.3. The van der Waals surface area contributed by atoms with Gasteiger partial charge in [0.25, 0.3) is 0 Å². The van der Waals surface area contributed by atoms with E-state index in [0.29, 0.717) is 25.5 Å². The molecule has 0 amide bonds. The molecule has 0 bridgehead atoms. The zero-order chi connectivity index (χ0) is 10.3. The van der Waals surface area contributed by atoms with Gasteiger partial charge in [0.2, 0.25) is 0 Å². The second-order valence-corrected chi connectivity index (χ2v) is 7.29. The maximum atomic E-state index is 5.65. The third-order valence-corrected chi connectivity index (χ3v) is 5.19. The number of nitrogens with one attached hydrogen (secondary N) is 2. The van der Waals surface area contributed by atoms with Crippen molar-refractivity contribution in [1.29, 1.82) is 0 Å². The van der Waals surface area contributed by atoms with Crippen LogP contribution in [0.4, 0.5) is 0 Å². The monoisotopic (exact) mass is 278 g/mol. The fraction of sp³-hybridized carbons (Fsp3) is 0. The number of benzene rings is 1. The number of aromatic nitrogens is 4. The molecular formula is C6H10N4OP4. The predicted octanol–water partition coefficient (Wildman–Crippen LogP) is 3.30. The second-order valence-electron chi connectivity index (χ2n) is 2.47. The van der Waals surface area contributed by atoms with Crippen molar-refractivity contribution < 1.29 is 4.84 Å². The highest BCUT2D eigenvalue weighted by molar-refractivity contribution is 7.44. The van der Waals surface area contributed by atoms with Crippen LogP contribution in [0.3, 0.4) is 0 Å². The number of aromatic amines is 2. The van der Waals surface area contributed by atoms with E-state index in [9.17, 15) is 0 Å².